The van der Waals surface area contributed by atoms with E-state index in [0.717, 1.165) is 0 Å². The van der Waals surface area contributed by atoms with Gasteiger partial charge in [0, 0.05) is 0 Å². The molecule has 0 spiro atoms. The molecule has 1 atom stereocenters. The molecule has 0 fully saturated rings. The average molecular weight is 255 g/mol. The van der Waals surface area contributed by atoms with Gasteiger partial charge in [-0.3, -0.25) is 9.59 Å². The van der Waals surface area contributed by atoms with Gasteiger partial charge in [-0.05, 0) is 0 Å². The molecule has 4 N–H and O–H groups in total. The molecule has 10 heteroatoms. The second kappa shape index (κ2) is 5.42. The molecule has 0 aliphatic carbocycles. The quantitative estimate of drug-likeness (QED) is 0.445. The van der Waals surface area contributed by atoms with E-state index < -0.39 is 46.2 Å². The van der Waals surface area contributed by atoms with Gasteiger partial charge in [-0.1, -0.05) is 0 Å². The zero-order chi connectivity index (χ0) is 12.9. The Labute approximate surface area is 89.9 Å². The number of carbonyl (C=O) groups is 3. The molecule has 0 aromatic heterocycles. The zero-order valence-electron chi connectivity index (χ0n) is 7.82. The summed E-state index contributed by atoms with van der Waals surface area (Å²) >= 11 is 0. The van der Waals surface area contributed by atoms with E-state index in [-0.39, 0.29) is 0 Å². The minimum atomic E-state index is -4.84. The Kier molecular flexibility index (Phi) is 4.85. The van der Waals surface area contributed by atoms with E-state index in [1.165, 1.54) is 0 Å². The molecule has 0 heterocycles. The molecule has 0 aromatic carbocycles. The lowest BCUT2D eigenvalue weighted by atomic mass is 10.3. The van der Waals surface area contributed by atoms with Gasteiger partial charge in [-0.15, -0.1) is 0 Å². The Balaban J connectivity index is 4.98. The lowest BCUT2D eigenvalue weighted by Crippen LogP contribution is -2.36. The Bertz CT molecular complexity index is 399. The molecule has 0 saturated carbocycles. The molecule has 0 aliphatic rings. The van der Waals surface area contributed by atoms with E-state index in [1.54, 1.807) is 0 Å². The third-order valence-electron chi connectivity index (χ3n) is 1.36. The second-order valence-electron chi connectivity index (χ2n) is 2.58. The smallest absolute Gasteiger partial charge is 0.335 e. The number of carboxylic acid groups (broad SMARTS) is 2. The van der Waals surface area contributed by atoms with Gasteiger partial charge in [-0.2, -0.15) is 8.42 Å². The number of hydrogen-bond donors (Lipinski definition) is 3. The summed E-state index contributed by atoms with van der Waals surface area (Å²) in [6.45, 7) is -0.765. The van der Waals surface area contributed by atoms with E-state index in [9.17, 15) is 22.8 Å². The first kappa shape index (κ1) is 14.3. The van der Waals surface area contributed by atoms with Crippen molar-refractivity contribution in [3.8, 4) is 0 Å². The molecule has 0 saturated heterocycles. The number of hydrogen-bond acceptors (Lipinski definition) is 7. The Morgan fingerprint density at radius 3 is 2.06 bits per heavy atom. The van der Waals surface area contributed by atoms with Crippen LogP contribution >= 0.6 is 0 Å². The maximum Gasteiger partial charge on any atom is 0.335 e. The molecule has 0 bridgehead atoms. The van der Waals surface area contributed by atoms with Crippen LogP contribution in [0.3, 0.4) is 0 Å². The number of aliphatic carboxylic acids is 2. The van der Waals surface area contributed by atoms with Crippen molar-refractivity contribution < 1.29 is 37.2 Å². The fourth-order valence-corrected chi connectivity index (χ4v) is 1.73. The molecule has 0 aromatic rings. The summed E-state index contributed by atoms with van der Waals surface area (Å²) in [5, 5.41) is 14.4. The first-order valence-corrected chi connectivity index (χ1v) is 5.28. The van der Waals surface area contributed by atoms with Crippen molar-refractivity contribution in [2.75, 3.05) is 6.54 Å². The maximum atomic E-state index is 11.1. The van der Waals surface area contributed by atoms with Crippen molar-refractivity contribution in [3.63, 3.8) is 0 Å². The highest BCUT2D eigenvalue weighted by Gasteiger charge is 2.37. The van der Waals surface area contributed by atoms with Crippen LogP contribution in [0.15, 0.2) is 0 Å². The molecular formula is C6H9NO8S. The van der Waals surface area contributed by atoms with Crippen LogP contribution in [0.1, 0.15) is 6.42 Å². The van der Waals surface area contributed by atoms with Gasteiger partial charge < -0.3 is 20.1 Å². The topological polar surface area (TPSA) is 161 Å². The maximum absolute atomic E-state index is 11.1. The molecule has 0 radical (unpaired) electrons. The van der Waals surface area contributed by atoms with Crippen LogP contribution in [-0.4, -0.2) is 48.3 Å². The van der Waals surface area contributed by atoms with Crippen molar-refractivity contribution in [1.29, 1.82) is 0 Å². The highest BCUT2D eigenvalue weighted by atomic mass is 32.2. The molecule has 0 amide bonds. The number of carbonyl (C=O) groups excluding carboxylic acids is 1. The summed E-state index contributed by atoms with van der Waals surface area (Å²) in [7, 11) is -4.84. The molecular weight excluding hydrogens is 246 g/mol. The third kappa shape index (κ3) is 4.23. The van der Waals surface area contributed by atoms with E-state index in [2.05, 4.69) is 4.18 Å². The summed E-state index contributed by atoms with van der Waals surface area (Å²) in [6.07, 6.45) is -1.21. The molecule has 0 rings (SSSR count). The van der Waals surface area contributed by atoms with Gasteiger partial charge in [0.2, 0.25) is 5.25 Å². The molecule has 9 nitrogen and oxygen atoms in total. The van der Waals surface area contributed by atoms with Crippen molar-refractivity contribution in [3.05, 3.63) is 0 Å². The summed E-state index contributed by atoms with van der Waals surface area (Å²) in [4.78, 5) is 31.3. The average Bonchev–Trinajstić information content (AvgIpc) is 2.12. The Morgan fingerprint density at radius 2 is 1.75 bits per heavy atom. The minimum Gasteiger partial charge on any atom is -0.481 e. The summed E-state index contributed by atoms with van der Waals surface area (Å²) in [5.74, 6) is -4.94. The summed E-state index contributed by atoms with van der Waals surface area (Å²) in [6, 6.07) is 0. The van der Waals surface area contributed by atoms with Crippen molar-refractivity contribution >= 4 is 28.0 Å². The largest absolute Gasteiger partial charge is 0.481 e. The molecule has 16 heavy (non-hydrogen) atoms. The first-order valence-electron chi connectivity index (χ1n) is 3.81. The highest BCUT2D eigenvalue weighted by molar-refractivity contribution is 7.88. The Morgan fingerprint density at radius 1 is 1.25 bits per heavy atom. The van der Waals surface area contributed by atoms with Crippen LogP contribution in [0.2, 0.25) is 0 Å². The Hall–Kier alpha value is -1.68. The van der Waals surface area contributed by atoms with Gasteiger partial charge in [0.25, 0.3) is 0 Å². The number of nitrogens with two attached hydrogens (primary N) is 1. The summed E-state index contributed by atoms with van der Waals surface area (Å²) in [5.41, 5.74) is 4.75. The molecule has 92 valence electrons. The minimum absolute atomic E-state index is 0.765. The lowest BCUT2D eigenvalue weighted by molar-refractivity contribution is -0.143. The third-order valence-corrected chi connectivity index (χ3v) is 2.84. The fourth-order valence-electron chi connectivity index (χ4n) is 0.693. The van der Waals surface area contributed by atoms with Crippen LogP contribution in [0.4, 0.5) is 0 Å². The number of rotatable bonds is 6. The predicted octanol–water partition coefficient (Wildman–Crippen LogP) is -2.25. The van der Waals surface area contributed by atoms with Crippen LogP contribution in [0, 0.1) is 0 Å². The van der Waals surface area contributed by atoms with Crippen molar-refractivity contribution in [2.24, 2.45) is 5.73 Å². The lowest BCUT2D eigenvalue weighted by Gasteiger charge is -2.10. The van der Waals surface area contributed by atoms with Crippen LogP contribution in [-0.2, 0) is 28.7 Å². The predicted molar refractivity (Wildman–Crippen MR) is 47.7 cm³/mol. The molecule has 1 unspecified atom stereocenters. The zero-order valence-corrected chi connectivity index (χ0v) is 8.64. The van der Waals surface area contributed by atoms with Crippen molar-refractivity contribution in [2.45, 2.75) is 11.7 Å². The van der Waals surface area contributed by atoms with Crippen molar-refractivity contribution in [1.82, 2.24) is 0 Å². The van der Waals surface area contributed by atoms with Gasteiger partial charge in [0.1, 0.15) is 0 Å². The van der Waals surface area contributed by atoms with E-state index in [1.807, 2.05) is 0 Å². The molecule has 0 aliphatic heterocycles. The fraction of sp³-hybridized carbons (Fsp3) is 0.500. The van der Waals surface area contributed by atoms with Crippen LogP contribution in [0.25, 0.3) is 0 Å². The summed E-state index contributed by atoms with van der Waals surface area (Å²) < 4.78 is 26.0. The highest BCUT2D eigenvalue weighted by Crippen LogP contribution is 2.09. The standard InChI is InChI=1S/C6H9NO8S/c7-2-5(10)15-16(13,14)3(6(11)12)1-4(8)9/h3H,1-2,7H2,(H,8,9)(H,11,12). The van der Waals surface area contributed by atoms with Gasteiger partial charge in [0.15, 0.2) is 0 Å². The van der Waals surface area contributed by atoms with Crippen LogP contribution in [0.5, 0.6) is 0 Å². The van der Waals surface area contributed by atoms with Gasteiger partial charge >= 0.3 is 28.0 Å². The van der Waals surface area contributed by atoms with E-state index in [4.69, 9.17) is 15.9 Å². The first-order chi connectivity index (χ1) is 7.20. The van der Waals surface area contributed by atoms with Crippen LogP contribution < -0.4 is 5.73 Å². The van der Waals surface area contributed by atoms with Gasteiger partial charge in [0.05, 0.1) is 13.0 Å². The SMILES string of the molecule is NCC(=O)OS(=O)(=O)C(CC(=O)O)C(=O)O. The van der Waals surface area contributed by atoms with E-state index >= 15 is 0 Å². The normalized spacial score (nSPS) is 12.8. The second-order valence-corrected chi connectivity index (χ2v) is 4.30. The number of carboxylic acids is 2. The monoisotopic (exact) mass is 255 g/mol. The van der Waals surface area contributed by atoms with E-state index in [0.29, 0.717) is 0 Å². The van der Waals surface area contributed by atoms with Gasteiger partial charge in [-0.25, -0.2) is 4.79 Å².